The monoisotopic (exact) mass is 369 g/mol. The van der Waals surface area contributed by atoms with Gasteiger partial charge in [0.05, 0.1) is 11.1 Å². The summed E-state index contributed by atoms with van der Waals surface area (Å²) >= 11 is 9.57. The number of benzene rings is 2. The van der Waals surface area contributed by atoms with Gasteiger partial charge in [-0.15, -0.1) is 0 Å². The fourth-order valence-corrected chi connectivity index (χ4v) is 2.71. The van der Waals surface area contributed by atoms with Crippen LogP contribution in [-0.2, 0) is 0 Å². The van der Waals surface area contributed by atoms with Crippen molar-refractivity contribution in [3.05, 3.63) is 68.4 Å². The maximum atomic E-state index is 14.2. The molecule has 2 aromatic rings. The molecule has 21 heavy (non-hydrogen) atoms. The molecule has 0 saturated heterocycles. The Bertz CT molecular complexity index is 630. The molecular formula is C17H18BrClFN. The zero-order valence-electron chi connectivity index (χ0n) is 12.1. The van der Waals surface area contributed by atoms with E-state index >= 15 is 0 Å². The van der Waals surface area contributed by atoms with Crippen LogP contribution < -0.4 is 5.32 Å². The molecule has 112 valence electrons. The lowest BCUT2D eigenvalue weighted by molar-refractivity contribution is 0.546. The van der Waals surface area contributed by atoms with Gasteiger partial charge < -0.3 is 5.32 Å². The molecule has 0 bridgehead atoms. The number of hydrogen-bond acceptors (Lipinski definition) is 1. The van der Waals surface area contributed by atoms with Crippen LogP contribution in [0, 0.1) is 12.7 Å². The highest BCUT2D eigenvalue weighted by atomic mass is 79.9. The van der Waals surface area contributed by atoms with Crippen LogP contribution in [0.3, 0.4) is 0 Å². The zero-order valence-corrected chi connectivity index (χ0v) is 14.4. The highest BCUT2D eigenvalue weighted by molar-refractivity contribution is 9.10. The predicted molar refractivity (Wildman–Crippen MR) is 90.4 cm³/mol. The van der Waals surface area contributed by atoms with Crippen LogP contribution in [0.1, 0.15) is 36.1 Å². The largest absolute Gasteiger partial charge is 0.306 e. The van der Waals surface area contributed by atoms with Crippen molar-refractivity contribution in [3.8, 4) is 0 Å². The van der Waals surface area contributed by atoms with Crippen molar-refractivity contribution < 1.29 is 4.39 Å². The molecule has 2 rings (SSSR count). The maximum Gasteiger partial charge on any atom is 0.128 e. The summed E-state index contributed by atoms with van der Waals surface area (Å²) in [7, 11) is 0. The molecule has 0 aliphatic carbocycles. The van der Waals surface area contributed by atoms with Gasteiger partial charge in [-0.05, 0) is 59.6 Å². The Hall–Kier alpha value is -0.900. The summed E-state index contributed by atoms with van der Waals surface area (Å²) in [5.74, 6) is -0.201. The van der Waals surface area contributed by atoms with Crippen molar-refractivity contribution in [2.24, 2.45) is 0 Å². The minimum Gasteiger partial charge on any atom is -0.306 e. The SMILES string of the molecule is CCCNC(c1ccc(Br)c(Cl)c1)c1cc(C)ccc1F. The molecule has 0 aliphatic heterocycles. The fraction of sp³-hybridized carbons (Fsp3) is 0.294. The summed E-state index contributed by atoms with van der Waals surface area (Å²) in [5.41, 5.74) is 2.65. The zero-order chi connectivity index (χ0) is 15.4. The van der Waals surface area contributed by atoms with E-state index in [-0.39, 0.29) is 11.9 Å². The first-order chi connectivity index (χ1) is 10.0. The molecule has 0 radical (unpaired) electrons. The normalized spacial score (nSPS) is 12.4. The van der Waals surface area contributed by atoms with Gasteiger partial charge in [-0.25, -0.2) is 4.39 Å². The van der Waals surface area contributed by atoms with E-state index in [1.165, 1.54) is 6.07 Å². The van der Waals surface area contributed by atoms with E-state index in [2.05, 4.69) is 28.2 Å². The number of nitrogens with one attached hydrogen (secondary N) is 1. The molecule has 0 saturated carbocycles. The second-order valence-electron chi connectivity index (χ2n) is 5.09. The van der Waals surface area contributed by atoms with Crippen molar-refractivity contribution in [1.82, 2.24) is 5.32 Å². The van der Waals surface area contributed by atoms with E-state index in [0.717, 1.165) is 28.6 Å². The van der Waals surface area contributed by atoms with Gasteiger partial charge in [0.15, 0.2) is 0 Å². The van der Waals surface area contributed by atoms with Gasteiger partial charge in [-0.3, -0.25) is 0 Å². The highest BCUT2D eigenvalue weighted by Gasteiger charge is 2.18. The van der Waals surface area contributed by atoms with Gasteiger partial charge in [-0.2, -0.15) is 0 Å². The number of rotatable bonds is 5. The Balaban J connectivity index is 2.46. The van der Waals surface area contributed by atoms with Crippen molar-refractivity contribution in [3.63, 3.8) is 0 Å². The van der Waals surface area contributed by atoms with Crippen LogP contribution in [0.25, 0.3) is 0 Å². The van der Waals surface area contributed by atoms with Gasteiger partial charge in [0.1, 0.15) is 5.82 Å². The van der Waals surface area contributed by atoms with Crippen LogP contribution in [0.4, 0.5) is 4.39 Å². The standard InChI is InChI=1S/C17H18BrClFN/c1-3-8-21-17(12-5-6-14(18)15(19)10-12)13-9-11(2)4-7-16(13)20/h4-7,9-10,17,21H,3,8H2,1-2H3. The topological polar surface area (TPSA) is 12.0 Å². The minimum atomic E-state index is -0.201. The van der Waals surface area contributed by atoms with Gasteiger partial charge in [0.25, 0.3) is 0 Å². The van der Waals surface area contributed by atoms with Gasteiger partial charge in [0, 0.05) is 10.0 Å². The number of aryl methyl sites for hydroxylation is 1. The third-order valence-corrected chi connectivity index (χ3v) is 4.57. The molecule has 0 spiro atoms. The number of halogens is 3. The number of hydrogen-bond donors (Lipinski definition) is 1. The third-order valence-electron chi connectivity index (χ3n) is 3.34. The first-order valence-electron chi connectivity index (χ1n) is 6.97. The predicted octanol–water partition coefficient (Wildman–Crippen LogP) is 5.64. The van der Waals surface area contributed by atoms with E-state index in [4.69, 9.17) is 11.6 Å². The lowest BCUT2D eigenvalue weighted by atomic mass is 9.96. The first-order valence-corrected chi connectivity index (χ1v) is 8.14. The van der Waals surface area contributed by atoms with E-state index in [1.807, 2.05) is 31.2 Å². The van der Waals surface area contributed by atoms with Crippen molar-refractivity contribution in [2.45, 2.75) is 26.3 Å². The average molecular weight is 371 g/mol. The Morgan fingerprint density at radius 1 is 1.24 bits per heavy atom. The molecule has 2 aromatic carbocycles. The van der Waals surface area contributed by atoms with E-state index in [1.54, 1.807) is 6.07 Å². The molecule has 1 atom stereocenters. The van der Waals surface area contributed by atoms with Crippen LogP contribution in [-0.4, -0.2) is 6.54 Å². The molecular weight excluding hydrogens is 353 g/mol. The van der Waals surface area contributed by atoms with E-state index in [9.17, 15) is 4.39 Å². The van der Waals surface area contributed by atoms with Crippen LogP contribution in [0.15, 0.2) is 40.9 Å². The molecule has 0 aliphatic rings. The molecule has 1 unspecified atom stereocenters. The van der Waals surface area contributed by atoms with Crippen molar-refractivity contribution >= 4 is 27.5 Å². The summed E-state index contributed by atoms with van der Waals surface area (Å²) < 4.78 is 15.1. The van der Waals surface area contributed by atoms with Crippen LogP contribution >= 0.6 is 27.5 Å². The van der Waals surface area contributed by atoms with Gasteiger partial charge in [0.2, 0.25) is 0 Å². The minimum absolute atomic E-state index is 0.199. The van der Waals surface area contributed by atoms with Gasteiger partial charge >= 0.3 is 0 Å². The fourth-order valence-electron chi connectivity index (χ4n) is 2.27. The maximum absolute atomic E-state index is 14.2. The molecule has 0 aromatic heterocycles. The highest BCUT2D eigenvalue weighted by Crippen LogP contribution is 2.30. The Morgan fingerprint density at radius 2 is 2.00 bits per heavy atom. The average Bonchev–Trinajstić information content (AvgIpc) is 2.46. The summed E-state index contributed by atoms with van der Waals surface area (Å²) in [5, 5.41) is 4.03. The molecule has 0 amide bonds. The summed E-state index contributed by atoms with van der Waals surface area (Å²) in [6.07, 6.45) is 0.980. The van der Waals surface area contributed by atoms with Crippen LogP contribution in [0.5, 0.6) is 0 Å². The quantitative estimate of drug-likeness (QED) is 0.718. The lowest BCUT2D eigenvalue weighted by Gasteiger charge is -2.21. The van der Waals surface area contributed by atoms with E-state index < -0.39 is 0 Å². The molecule has 4 heteroatoms. The summed E-state index contributed by atoms with van der Waals surface area (Å²) in [6.45, 7) is 4.87. The third kappa shape index (κ3) is 4.06. The summed E-state index contributed by atoms with van der Waals surface area (Å²) in [4.78, 5) is 0. The molecule has 1 nitrogen and oxygen atoms in total. The first kappa shape index (κ1) is 16.5. The Labute approximate surface area is 138 Å². The molecule has 1 N–H and O–H groups in total. The summed E-state index contributed by atoms with van der Waals surface area (Å²) in [6, 6.07) is 10.7. The van der Waals surface area contributed by atoms with Crippen molar-refractivity contribution in [1.29, 1.82) is 0 Å². The van der Waals surface area contributed by atoms with Gasteiger partial charge in [-0.1, -0.05) is 42.3 Å². The van der Waals surface area contributed by atoms with Crippen molar-refractivity contribution in [2.75, 3.05) is 6.54 Å². The van der Waals surface area contributed by atoms with E-state index in [0.29, 0.717) is 10.6 Å². The lowest BCUT2D eigenvalue weighted by Crippen LogP contribution is -2.24. The Kier molecular flexibility index (Phi) is 5.80. The second-order valence-corrected chi connectivity index (χ2v) is 6.35. The second kappa shape index (κ2) is 7.39. The van der Waals surface area contributed by atoms with Crippen LogP contribution in [0.2, 0.25) is 5.02 Å². The molecule has 0 heterocycles. The molecule has 0 fully saturated rings. The Morgan fingerprint density at radius 3 is 2.67 bits per heavy atom. The smallest absolute Gasteiger partial charge is 0.128 e.